The number of amides is 1. The molecule has 3 fully saturated rings. The van der Waals surface area contributed by atoms with Crippen molar-refractivity contribution in [2.24, 2.45) is 17.8 Å². The molecule has 0 saturated carbocycles. The number of carbonyl (C=O) groups excluding carboxylic acids is 1. The van der Waals surface area contributed by atoms with Gasteiger partial charge in [-0.3, -0.25) is 14.0 Å². The summed E-state index contributed by atoms with van der Waals surface area (Å²) in [5.41, 5.74) is 1.38. The molecule has 2 atom stereocenters. The van der Waals surface area contributed by atoms with Crippen LogP contribution in [0.4, 0.5) is 5.95 Å². The number of anilines is 1. The average molecular weight is 519 g/mol. The van der Waals surface area contributed by atoms with Gasteiger partial charge in [-0.1, -0.05) is 12.1 Å². The lowest BCUT2D eigenvalue weighted by Crippen LogP contribution is -2.35. The van der Waals surface area contributed by atoms with Gasteiger partial charge in [0, 0.05) is 52.1 Å². The molecule has 192 valence electrons. The highest BCUT2D eigenvalue weighted by molar-refractivity contribution is 7.24. The summed E-state index contributed by atoms with van der Waals surface area (Å²) in [5, 5.41) is 3.41. The Morgan fingerprint density at radius 2 is 1.89 bits per heavy atom. The molecule has 3 saturated heterocycles. The molecule has 7 rings (SSSR count). The number of rotatable bonds is 4. The Kier molecular flexibility index (Phi) is 5.63. The number of likely N-dealkylation sites (tertiary alicyclic amines) is 1. The first kappa shape index (κ1) is 23.1. The zero-order valence-corrected chi connectivity index (χ0v) is 21.7. The van der Waals surface area contributed by atoms with E-state index >= 15 is 0 Å². The molecule has 9 nitrogen and oxygen atoms in total. The summed E-state index contributed by atoms with van der Waals surface area (Å²) in [7, 11) is 2.18. The third-order valence-electron chi connectivity index (χ3n) is 8.24. The molecule has 0 aliphatic carbocycles. The van der Waals surface area contributed by atoms with E-state index in [9.17, 15) is 9.59 Å². The fourth-order valence-corrected chi connectivity index (χ4v) is 7.49. The zero-order chi connectivity index (χ0) is 25.1. The summed E-state index contributed by atoms with van der Waals surface area (Å²) in [6.07, 6.45) is 3.45. The third kappa shape index (κ3) is 3.89. The number of carbonyl (C=O) groups is 1. The number of thiazole rings is 1. The molecule has 37 heavy (non-hydrogen) atoms. The Bertz CT molecular complexity index is 1560. The number of para-hydroxylation sites is 1. The highest BCUT2D eigenvalue weighted by atomic mass is 32.1. The molecule has 0 radical (unpaired) electrons. The van der Waals surface area contributed by atoms with Crippen LogP contribution in [0, 0.1) is 17.8 Å². The van der Waals surface area contributed by atoms with E-state index in [0.29, 0.717) is 59.3 Å². The molecule has 10 heteroatoms. The number of nitrogens with one attached hydrogen (secondary N) is 1. The van der Waals surface area contributed by atoms with E-state index in [1.807, 2.05) is 28.7 Å². The van der Waals surface area contributed by atoms with E-state index in [1.165, 1.54) is 11.3 Å². The number of hydrogen-bond donors (Lipinski definition) is 1. The van der Waals surface area contributed by atoms with Crippen molar-refractivity contribution in [3.8, 4) is 0 Å². The second-order valence-electron chi connectivity index (χ2n) is 10.7. The van der Waals surface area contributed by atoms with Crippen LogP contribution in [0.25, 0.3) is 26.1 Å². The van der Waals surface area contributed by atoms with Gasteiger partial charge in [0.1, 0.15) is 10.4 Å². The summed E-state index contributed by atoms with van der Waals surface area (Å²) in [5.74, 6) is 1.93. The molecule has 2 unspecified atom stereocenters. The Labute approximate surface area is 218 Å². The standard InChI is InChI=1S/C27H30N6O3S/c1-31-12-17-14-32(15-18(17)13-31)27-29-11-19-23(34)22(25(35)28-10-16-6-8-36-9-7-16)26-33(24(19)30-27)20-4-2-3-5-21(20)37-26/h2-5,11,16-18H,6-10,12-15H2,1H3,(H,28,35). The third-order valence-corrected chi connectivity index (χ3v) is 9.39. The van der Waals surface area contributed by atoms with Crippen LogP contribution in [-0.2, 0) is 4.74 Å². The topological polar surface area (TPSA) is 92.1 Å². The van der Waals surface area contributed by atoms with Crippen molar-refractivity contribution in [2.75, 3.05) is 57.9 Å². The second-order valence-corrected chi connectivity index (χ2v) is 11.8. The number of ether oxygens (including phenoxy) is 1. The maximum atomic E-state index is 13.8. The molecule has 4 aromatic rings. The van der Waals surface area contributed by atoms with Crippen molar-refractivity contribution < 1.29 is 9.53 Å². The molecule has 1 amide bonds. The van der Waals surface area contributed by atoms with Crippen LogP contribution in [0.5, 0.6) is 0 Å². The molecule has 3 aliphatic heterocycles. The fourth-order valence-electron chi connectivity index (χ4n) is 6.31. The summed E-state index contributed by atoms with van der Waals surface area (Å²) < 4.78 is 8.43. The number of fused-ring (bicyclic) bond motifs is 6. The van der Waals surface area contributed by atoms with Crippen LogP contribution in [0.2, 0.25) is 0 Å². The maximum absolute atomic E-state index is 13.8. The quantitative estimate of drug-likeness (QED) is 0.444. The molecule has 0 bridgehead atoms. The van der Waals surface area contributed by atoms with Gasteiger partial charge in [-0.25, -0.2) is 4.98 Å². The molecular weight excluding hydrogens is 488 g/mol. The molecule has 0 spiro atoms. The number of aromatic nitrogens is 3. The second kappa shape index (κ2) is 9.04. The van der Waals surface area contributed by atoms with Gasteiger partial charge < -0.3 is 19.9 Å². The number of hydrogen-bond acceptors (Lipinski definition) is 8. The average Bonchev–Trinajstić information content (AvgIpc) is 3.59. The lowest BCUT2D eigenvalue weighted by molar-refractivity contribution is 0.0643. The van der Waals surface area contributed by atoms with Crippen LogP contribution in [0.15, 0.2) is 35.3 Å². The Morgan fingerprint density at radius 3 is 2.68 bits per heavy atom. The van der Waals surface area contributed by atoms with Gasteiger partial charge in [-0.15, -0.1) is 11.3 Å². The molecule has 3 aliphatic rings. The van der Waals surface area contributed by atoms with Crippen LogP contribution in [0.3, 0.4) is 0 Å². The van der Waals surface area contributed by atoms with Gasteiger partial charge in [-0.2, -0.15) is 4.98 Å². The van der Waals surface area contributed by atoms with E-state index in [2.05, 4.69) is 27.1 Å². The van der Waals surface area contributed by atoms with E-state index in [0.717, 1.165) is 49.2 Å². The molecule has 3 aromatic heterocycles. The van der Waals surface area contributed by atoms with Crippen LogP contribution < -0.4 is 15.6 Å². The van der Waals surface area contributed by atoms with E-state index in [1.54, 1.807) is 6.20 Å². The molecule has 1 N–H and O–H groups in total. The largest absolute Gasteiger partial charge is 0.381 e. The zero-order valence-electron chi connectivity index (χ0n) is 20.9. The maximum Gasteiger partial charge on any atom is 0.258 e. The monoisotopic (exact) mass is 518 g/mol. The van der Waals surface area contributed by atoms with Crippen molar-refractivity contribution in [2.45, 2.75) is 12.8 Å². The minimum Gasteiger partial charge on any atom is -0.381 e. The number of pyridine rings is 1. The van der Waals surface area contributed by atoms with Crippen molar-refractivity contribution in [3.05, 3.63) is 46.2 Å². The smallest absolute Gasteiger partial charge is 0.258 e. The molecule has 1 aromatic carbocycles. The first-order valence-electron chi connectivity index (χ1n) is 13.1. The molecule has 6 heterocycles. The normalized spacial score (nSPS) is 22.9. The van der Waals surface area contributed by atoms with E-state index in [-0.39, 0.29) is 16.9 Å². The van der Waals surface area contributed by atoms with E-state index < -0.39 is 0 Å². The number of benzene rings is 1. The van der Waals surface area contributed by atoms with Crippen molar-refractivity contribution in [1.29, 1.82) is 0 Å². The lowest BCUT2D eigenvalue weighted by atomic mass is 10.0. The fraction of sp³-hybridized carbons (Fsp3) is 0.481. The SMILES string of the molecule is CN1CC2CN(c3ncc4c(=O)c(C(=O)NCC5CCOCC5)c5sc6ccccc6n5c4n3)CC2C1. The Hall–Kier alpha value is -3.08. The van der Waals surface area contributed by atoms with Crippen molar-refractivity contribution >= 4 is 49.3 Å². The first-order chi connectivity index (χ1) is 18.1. The molecular formula is C27H30N6O3S. The predicted octanol–water partition coefficient (Wildman–Crippen LogP) is 2.61. The highest BCUT2D eigenvalue weighted by Crippen LogP contribution is 2.34. The van der Waals surface area contributed by atoms with Gasteiger partial charge in [0.05, 0.1) is 15.6 Å². The van der Waals surface area contributed by atoms with Gasteiger partial charge >= 0.3 is 0 Å². The minimum absolute atomic E-state index is 0.177. The number of nitrogens with zero attached hydrogens (tertiary/aromatic N) is 5. The van der Waals surface area contributed by atoms with Crippen molar-refractivity contribution in [1.82, 2.24) is 24.6 Å². The minimum atomic E-state index is -0.331. The summed E-state index contributed by atoms with van der Waals surface area (Å²) in [6.45, 7) is 6.02. The first-order valence-corrected chi connectivity index (χ1v) is 13.9. The summed E-state index contributed by atoms with van der Waals surface area (Å²) in [6, 6.07) is 7.99. The van der Waals surface area contributed by atoms with Crippen LogP contribution >= 0.6 is 11.3 Å². The van der Waals surface area contributed by atoms with Gasteiger partial charge in [0.25, 0.3) is 5.91 Å². The van der Waals surface area contributed by atoms with Gasteiger partial charge in [0.2, 0.25) is 11.4 Å². The van der Waals surface area contributed by atoms with Crippen LogP contribution in [-0.4, -0.2) is 78.2 Å². The van der Waals surface area contributed by atoms with Gasteiger partial charge in [0.15, 0.2) is 5.65 Å². The Balaban J connectivity index is 1.32. The van der Waals surface area contributed by atoms with Crippen LogP contribution in [0.1, 0.15) is 23.2 Å². The Morgan fingerprint density at radius 1 is 1.14 bits per heavy atom. The van der Waals surface area contributed by atoms with Gasteiger partial charge in [-0.05, 0) is 49.8 Å². The summed E-state index contributed by atoms with van der Waals surface area (Å²) >= 11 is 1.46. The van der Waals surface area contributed by atoms with E-state index in [4.69, 9.17) is 9.72 Å². The highest BCUT2D eigenvalue weighted by Gasteiger charge is 2.39. The predicted molar refractivity (Wildman–Crippen MR) is 145 cm³/mol. The summed E-state index contributed by atoms with van der Waals surface area (Å²) in [4.78, 5) is 42.1. The lowest BCUT2D eigenvalue weighted by Gasteiger charge is -2.22. The van der Waals surface area contributed by atoms with Crippen molar-refractivity contribution in [3.63, 3.8) is 0 Å².